The van der Waals surface area contributed by atoms with E-state index >= 15 is 0 Å². The molecule has 0 aliphatic carbocycles. The standard InChI is InChI=1S/C20H14ClNO2/c1-22-17-11-16(21)8-9-19(17)24-20(22)12-18(23)15-7-6-13-4-2-3-5-14(13)10-15/h2-12H,1H3. The summed E-state index contributed by atoms with van der Waals surface area (Å²) >= 11 is 6.02. The Balaban J connectivity index is 1.66. The molecule has 3 aromatic carbocycles. The normalized spacial score (nSPS) is 14.8. The molecule has 1 aliphatic heterocycles. The Kier molecular flexibility index (Phi) is 3.51. The van der Waals surface area contributed by atoms with Gasteiger partial charge in [-0.25, -0.2) is 0 Å². The first-order chi connectivity index (χ1) is 11.6. The van der Waals surface area contributed by atoms with Crippen LogP contribution in [0.2, 0.25) is 5.02 Å². The molecule has 0 spiro atoms. The van der Waals surface area contributed by atoms with Crippen molar-refractivity contribution in [3.05, 3.63) is 83.2 Å². The van der Waals surface area contributed by atoms with Crippen molar-refractivity contribution in [3.63, 3.8) is 0 Å². The van der Waals surface area contributed by atoms with Crippen LogP contribution in [0.3, 0.4) is 0 Å². The number of ketones is 1. The van der Waals surface area contributed by atoms with Crippen LogP contribution in [0.5, 0.6) is 5.75 Å². The third-order valence-corrected chi connectivity index (χ3v) is 4.35. The molecule has 4 heteroatoms. The topological polar surface area (TPSA) is 29.5 Å². The summed E-state index contributed by atoms with van der Waals surface area (Å²) in [6.07, 6.45) is 1.51. The lowest BCUT2D eigenvalue weighted by Gasteiger charge is -2.10. The molecule has 0 atom stereocenters. The van der Waals surface area contributed by atoms with Gasteiger partial charge in [0.1, 0.15) is 0 Å². The number of carbonyl (C=O) groups excluding carboxylic acids is 1. The number of hydrogen-bond acceptors (Lipinski definition) is 3. The van der Waals surface area contributed by atoms with Gasteiger partial charge in [-0.15, -0.1) is 0 Å². The predicted molar refractivity (Wildman–Crippen MR) is 96.8 cm³/mol. The molecule has 0 aromatic heterocycles. The van der Waals surface area contributed by atoms with Gasteiger partial charge in [-0.2, -0.15) is 0 Å². The van der Waals surface area contributed by atoms with E-state index in [-0.39, 0.29) is 5.78 Å². The molecule has 4 rings (SSSR count). The van der Waals surface area contributed by atoms with Gasteiger partial charge in [0.25, 0.3) is 0 Å². The maximum absolute atomic E-state index is 12.6. The molecule has 0 radical (unpaired) electrons. The van der Waals surface area contributed by atoms with E-state index in [9.17, 15) is 4.79 Å². The first kappa shape index (κ1) is 14.8. The molecule has 118 valence electrons. The highest BCUT2D eigenvalue weighted by Crippen LogP contribution is 2.39. The molecule has 1 heterocycles. The van der Waals surface area contributed by atoms with Crippen LogP contribution < -0.4 is 9.64 Å². The summed E-state index contributed by atoms with van der Waals surface area (Å²) in [5.41, 5.74) is 1.48. The molecule has 0 amide bonds. The zero-order chi connectivity index (χ0) is 16.7. The Morgan fingerprint density at radius 3 is 2.67 bits per heavy atom. The van der Waals surface area contributed by atoms with Gasteiger partial charge >= 0.3 is 0 Å². The number of nitrogens with zero attached hydrogens (tertiary/aromatic N) is 1. The predicted octanol–water partition coefficient (Wildman–Crippen LogP) is 5.05. The monoisotopic (exact) mass is 335 g/mol. The number of halogens is 1. The molecule has 0 fully saturated rings. The van der Waals surface area contributed by atoms with Crippen molar-refractivity contribution in [2.45, 2.75) is 0 Å². The van der Waals surface area contributed by atoms with Gasteiger partial charge in [-0.1, -0.05) is 48.0 Å². The van der Waals surface area contributed by atoms with Crippen molar-refractivity contribution in [1.82, 2.24) is 0 Å². The highest BCUT2D eigenvalue weighted by molar-refractivity contribution is 6.31. The fourth-order valence-corrected chi connectivity index (χ4v) is 2.97. The molecular weight excluding hydrogens is 322 g/mol. The summed E-state index contributed by atoms with van der Waals surface area (Å²) < 4.78 is 5.76. The smallest absolute Gasteiger partial charge is 0.204 e. The Labute approximate surface area is 144 Å². The molecule has 24 heavy (non-hydrogen) atoms. The number of fused-ring (bicyclic) bond motifs is 2. The number of benzene rings is 3. The van der Waals surface area contributed by atoms with Crippen molar-refractivity contribution in [3.8, 4) is 5.75 Å². The third-order valence-electron chi connectivity index (χ3n) is 4.12. The van der Waals surface area contributed by atoms with Gasteiger partial charge in [0.05, 0.1) is 5.69 Å². The number of hydrogen-bond donors (Lipinski definition) is 0. The summed E-state index contributed by atoms with van der Waals surface area (Å²) in [5, 5.41) is 2.78. The van der Waals surface area contributed by atoms with E-state index in [0.29, 0.717) is 22.2 Å². The van der Waals surface area contributed by atoms with E-state index in [1.54, 1.807) is 12.1 Å². The number of rotatable bonds is 2. The van der Waals surface area contributed by atoms with Crippen molar-refractivity contribution >= 4 is 33.8 Å². The average molecular weight is 336 g/mol. The maximum atomic E-state index is 12.6. The van der Waals surface area contributed by atoms with E-state index in [0.717, 1.165) is 16.5 Å². The fourth-order valence-electron chi connectivity index (χ4n) is 2.80. The molecule has 0 saturated heterocycles. The SMILES string of the molecule is CN1C(=CC(=O)c2ccc3ccccc3c2)Oc2ccc(Cl)cc21. The highest BCUT2D eigenvalue weighted by Gasteiger charge is 2.24. The quantitative estimate of drug-likeness (QED) is 0.485. The molecule has 1 aliphatic rings. The first-order valence-corrected chi connectivity index (χ1v) is 7.95. The fraction of sp³-hybridized carbons (Fsp3) is 0.0500. The minimum Gasteiger partial charge on any atom is -0.438 e. The largest absolute Gasteiger partial charge is 0.438 e. The Morgan fingerprint density at radius 1 is 1.04 bits per heavy atom. The summed E-state index contributed by atoms with van der Waals surface area (Å²) in [4.78, 5) is 14.4. The van der Waals surface area contributed by atoms with Crippen molar-refractivity contribution < 1.29 is 9.53 Å². The van der Waals surface area contributed by atoms with Gasteiger partial charge in [-0.3, -0.25) is 4.79 Å². The molecule has 3 nitrogen and oxygen atoms in total. The molecule has 0 N–H and O–H groups in total. The van der Waals surface area contributed by atoms with Crippen molar-refractivity contribution in [1.29, 1.82) is 0 Å². The summed E-state index contributed by atoms with van der Waals surface area (Å²) in [7, 11) is 1.85. The molecule has 0 bridgehead atoms. The molecular formula is C20H14ClNO2. The van der Waals surface area contributed by atoms with Gasteiger partial charge < -0.3 is 9.64 Å². The van der Waals surface area contributed by atoms with Gasteiger partial charge in [0.2, 0.25) is 5.88 Å². The van der Waals surface area contributed by atoms with Crippen LogP contribution in [0.15, 0.2) is 72.6 Å². The zero-order valence-electron chi connectivity index (χ0n) is 13.0. The summed E-state index contributed by atoms with van der Waals surface area (Å²) in [6.45, 7) is 0. The Bertz CT molecular complexity index is 994. The van der Waals surface area contributed by atoms with Crippen LogP contribution in [0, 0.1) is 0 Å². The zero-order valence-corrected chi connectivity index (χ0v) is 13.7. The summed E-state index contributed by atoms with van der Waals surface area (Å²) in [6, 6.07) is 19.0. The molecule has 3 aromatic rings. The lowest BCUT2D eigenvalue weighted by molar-refractivity contribution is 0.104. The number of carbonyl (C=O) groups is 1. The molecule has 0 saturated carbocycles. The van der Waals surface area contributed by atoms with Crippen molar-refractivity contribution in [2.75, 3.05) is 11.9 Å². The van der Waals surface area contributed by atoms with Crippen molar-refractivity contribution in [2.24, 2.45) is 0 Å². The Hall–Kier alpha value is -2.78. The third kappa shape index (κ3) is 2.53. The second-order valence-electron chi connectivity index (χ2n) is 5.68. The van der Waals surface area contributed by atoms with Crippen LogP contribution in [-0.2, 0) is 0 Å². The van der Waals surface area contributed by atoms with Crippen LogP contribution in [-0.4, -0.2) is 12.8 Å². The number of anilines is 1. The number of ether oxygens (including phenoxy) is 1. The van der Waals surface area contributed by atoms with E-state index in [1.807, 2.05) is 60.5 Å². The highest BCUT2D eigenvalue weighted by atomic mass is 35.5. The van der Waals surface area contributed by atoms with Crippen LogP contribution >= 0.6 is 11.6 Å². The van der Waals surface area contributed by atoms with Crippen LogP contribution in [0.4, 0.5) is 5.69 Å². The van der Waals surface area contributed by atoms with Crippen LogP contribution in [0.25, 0.3) is 10.8 Å². The minimum absolute atomic E-state index is 0.0958. The lowest BCUT2D eigenvalue weighted by atomic mass is 10.0. The second kappa shape index (κ2) is 5.69. The summed E-state index contributed by atoms with van der Waals surface area (Å²) in [5.74, 6) is 1.09. The van der Waals surface area contributed by atoms with E-state index in [4.69, 9.17) is 16.3 Å². The van der Waals surface area contributed by atoms with E-state index in [2.05, 4.69) is 0 Å². The van der Waals surface area contributed by atoms with Gasteiger partial charge in [0, 0.05) is 23.7 Å². The first-order valence-electron chi connectivity index (χ1n) is 7.58. The Morgan fingerprint density at radius 2 is 1.83 bits per heavy atom. The molecule has 0 unspecified atom stereocenters. The van der Waals surface area contributed by atoms with Gasteiger partial charge in [0.15, 0.2) is 11.5 Å². The lowest BCUT2D eigenvalue weighted by Crippen LogP contribution is -2.15. The van der Waals surface area contributed by atoms with Crippen LogP contribution in [0.1, 0.15) is 10.4 Å². The maximum Gasteiger partial charge on any atom is 0.204 e. The number of allylic oxidation sites excluding steroid dienone is 1. The minimum atomic E-state index is -0.0958. The average Bonchev–Trinajstić information content (AvgIpc) is 2.90. The van der Waals surface area contributed by atoms with Gasteiger partial charge in [-0.05, 0) is 35.0 Å². The van der Waals surface area contributed by atoms with E-state index < -0.39 is 0 Å². The second-order valence-corrected chi connectivity index (χ2v) is 6.12. The van der Waals surface area contributed by atoms with E-state index in [1.165, 1.54) is 6.08 Å².